The SMILES string of the molecule is O=C1CCC(NCCCC2CCCO2)CN1. The molecule has 2 fully saturated rings. The number of ether oxygens (including phenoxy) is 1. The molecule has 2 atom stereocenters. The molecule has 0 aromatic heterocycles. The predicted molar refractivity (Wildman–Crippen MR) is 62.2 cm³/mol. The van der Waals surface area contributed by atoms with Gasteiger partial charge in [-0.05, 0) is 38.6 Å². The van der Waals surface area contributed by atoms with Crippen LogP contribution in [0.25, 0.3) is 0 Å². The summed E-state index contributed by atoms with van der Waals surface area (Å²) >= 11 is 0. The first-order chi connectivity index (χ1) is 7.84. The number of amides is 1. The van der Waals surface area contributed by atoms with E-state index in [0.29, 0.717) is 18.6 Å². The molecule has 2 unspecified atom stereocenters. The lowest BCUT2D eigenvalue weighted by atomic mass is 10.1. The lowest BCUT2D eigenvalue weighted by Crippen LogP contribution is -2.45. The first kappa shape index (κ1) is 11.9. The Hall–Kier alpha value is -0.610. The Morgan fingerprint density at radius 2 is 2.38 bits per heavy atom. The predicted octanol–water partition coefficient (Wildman–Crippen LogP) is 0.814. The smallest absolute Gasteiger partial charge is 0.220 e. The minimum Gasteiger partial charge on any atom is -0.378 e. The van der Waals surface area contributed by atoms with Gasteiger partial charge in [-0.2, -0.15) is 0 Å². The van der Waals surface area contributed by atoms with E-state index in [-0.39, 0.29) is 5.91 Å². The van der Waals surface area contributed by atoms with Gasteiger partial charge < -0.3 is 15.4 Å². The van der Waals surface area contributed by atoms with E-state index in [1.165, 1.54) is 25.7 Å². The van der Waals surface area contributed by atoms with Gasteiger partial charge in [0.25, 0.3) is 0 Å². The van der Waals surface area contributed by atoms with Crippen molar-refractivity contribution in [1.82, 2.24) is 10.6 Å². The van der Waals surface area contributed by atoms with Crippen LogP contribution in [0.2, 0.25) is 0 Å². The molecular weight excluding hydrogens is 204 g/mol. The molecule has 4 nitrogen and oxygen atoms in total. The Bertz CT molecular complexity index is 217. The van der Waals surface area contributed by atoms with Crippen molar-refractivity contribution in [2.45, 2.75) is 50.7 Å². The van der Waals surface area contributed by atoms with Crippen molar-refractivity contribution >= 4 is 5.91 Å². The second kappa shape index (κ2) is 6.21. The molecule has 2 aliphatic heterocycles. The van der Waals surface area contributed by atoms with Gasteiger partial charge in [0, 0.05) is 25.6 Å². The Morgan fingerprint density at radius 1 is 1.44 bits per heavy atom. The lowest BCUT2D eigenvalue weighted by molar-refractivity contribution is -0.122. The summed E-state index contributed by atoms with van der Waals surface area (Å²) in [6.07, 6.45) is 6.97. The highest BCUT2D eigenvalue weighted by molar-refractivity contribution is 5.76. The van der Waals surface area contributed by atoms with Gasteiger partial charge >= 0.3 is 0 Å². The number of hydrogen-bond donors (Lipinski definition) is 2. The van der Waals surface area contributed by atoms with E-state index in [0.717, 1.165) is 26.1 Å². The van der Waals surface area contributed by atoms with Crippen molar-refractivity contribution in [2.24, 2.45) is 0 Å². The fourth-order valence-electron chi connectivity index (χ4n) is 2.41. The Morgan fingerprint density at radius 3 is 3.06 bits per heavy atom. The zero-order chi connectivity index (χ0) is 11.2. The van der Waals surface area contributed by atoms with Gasteiger partial charge in [-0.1, -0.05) is 0 Å². The van der Waals surface area contributed by atoms with Gasteiger partial charge in [0.1, 0.15) is 0 Å². The molecule has 1 amide bonds. The summed E-state index contributed by atoms with van der Waals surface area (Å²) < 4.78 is 5.57. The highest BCUT2D eigenvalue weighted by Gasteiger charge is 2.18. The summed E-state index contributed by atoms with van der Waals surface area (Å²) in [5.74, 6) is 0.192. The van der Waals surface area contributed by atoms with Crippen molar-refractivity contribution in [3.05, 3.63) is 0 Å². The molecule has 2 saturated heterocycles. The topological polar surface area (TPSA) is 50.4 Å². The minimum atomic E-state index is 0.192. The molecule has 0 spiro atoms. The summed E-state index contributed by atoms with van der Waals surface area (Å²) in [5.41, 5.74) is 0. The molecular formula is C12H22N2O2. The maximum Gasteiger partial charge on any atom is 0.220 e. The average Bonchev–Trinajstić information content (AvgIpc) is 2.80. The van der Waals surface area contributed by atoms with Gasteiger partial charge in [0.2, 0.25) is 5.91 Å². The summed E-state index contributed by atoms with van der Waals surface area (Å²) in [7, 11) is 0. The summed E-state index contributed by atoms with van der Waals surface area (Å²) in [6.45, 7) is 2.78. The van der Waals surface area contributed by atoms with Crippen molar-refractivity contribution in [3.8, 4) is 0 Å². The number of rotatable bonds is 5. The van der Waals surface area contributed by atoms with Crippen LogP contribution in [0.15, 0.2) is 0 Å². The van der Waals surface area contributed by atoms with Crippen molar-refractivity contribution < 1.29 is 9.53 Å². The third kappa shape index (κ3) is 3.76. The van der Waals surface area contributed by atoms with E-state index in [9.17, 15) is 4.79 Å². The molecule has 0 aromatic carbocycles. The summed E-state index contributed by atoms with van der Waals surface area (Å²) in [5, 5.41) is 6.38. The zero-order valence-corrected chi connectivity index (χ0v) is 9.84. The second-order valence-corrected chi connectivity index (χ2v) is 4.77. The zero-order valence-electron chi connectivity index (χ0n) is 9.84. The molecule has 2 heterocycles. The molecule has 2 N–H and O–H groups in total. The van der Waals surface area contributed by atoms with Gasteiger partial charge in [0.15, 0.2) is 0 Å². The van der Waals surface area contributed by atoms with Crippen LogP contribution < -0.4 is 10.6 Å². The first-order valence-corrected chi connectivity index (χ1v) is 6.46. The summed E-state index contributed by atoms with van der Waals surface area (Å²) in [6, 6.07) is 0.474. The van der Waals surface area contributed by atoms with E-state index in [1.54, 1.807) is 0 Å². The fourth-order valence-corrected chi connectivity index (χ4v) is 2.41. The van der Waals surface area contributed by atoms with Crippen LogP contribution in [-0.2, 0) is 9.53 Å². The molecule has 4 heteroatoms. The van der Waals surface area contributed by atoms with Crippen molar-refractivity contribution in [2.75, 3.05) is 19.7 Å². The minimum absolute atomic E-state index is 0.192. The molecule has 0 bridgehead atoms. The molecule has 0 aliphatic carbocycles. The van der Waals surface area contributed by atoms with Crippen LogP contribution >= 0.6 is 0 Å². The molecule has 0 saturated carbocycles. The average molecular weight is 226 g/mol. The number of piperidine rings is 1. The van der Waals surface area contributed by atoms with Crippen molar-refractivity contribution in [3.63, 3.8) is 0 Å². The maximum absolute atomic E-state index is 11.0. The molecule has 2 aliphatic rings. The Kier molecular flexibility index (Phi) is 4.60. The molecule has 92 valence electrons. The van der Waals surface area contributed by atoms with E-state index >= 15 is 0 Å². The second-order valence-electron chi connectivity index (χ2n) is 4.77. The van der Waals surface area contributed by atoms with E-state index < -0.39 is 0 Å². The maximum atomic E-state index is 11.0. The summed E-state index contributed by atoms with van der Waals surface area (Å²) in [4.78, 5) is 11.0. The van der Waals surface area contributed by atoms with Crippen molar-refractivity contribution in [1.29, 1.82) is 0 Å². The van der Waals surface area contributed by atoms with Crippen LogP contribution in [0.4, 0.5) is 0 Å². The number of nitrogens with one attached hydrogen (secondary N) is 2. The van der Waals surface area contributed by atoms with Gasteiger partial charge in [0.05, 0.1) is 6.10 Å². The normalized spacial score (nSPS) is 30.4. The first-order valence-electron chi connectivity index (χ1n) is 6.46. The Labute approximate surface area is 97.1 Å². The third-order valence-corrected chi connectivity index (χ3v) is 3.43. The monoisotopic (exact) mass is 226 g/mol. The molecule has 2 rings (SSSR count). The quantitative estimate of drug-likeness (QED) is 0.682. The van der Waals surface area contributed by atoms with Crippen LogP contribution in [0.1, 0.15) is 38.5 Å². The van der Waals surface area contributed by atoms with E-state index in [2.05, 4.69) is 10.6 Å². The van der Waals surface area contributed by atoms with E-state index in [1.807, 2.05) is 0 Å². The van der Waals surface area contributed by atoms with Crippen LogP contribution in [0, 0.1) is 0 Å². The number of carbonyl (C=O) groups is 1. The highest BCUT2D eigenvalue weighted by Crippen LogP contribution is 2.16. The molecule has 16 heavy (non-hydrogen) atoms. The fraction of sp³-hybridized carbons (Fsp3) is 0.917. The standard InChI is InChI=1S/C12H22N2O2/c15-12-6-5-10(9-14-12)13-7-1-3-11-4-2-8-16-11/h10-11,13H,1-9H2,(H,14,15). The van der Waals surface area contributed by atoms with E-state index in [4.69, 9.17) is 4.74 Å². The van der Waals surface area contributed by atoms with Gasteiger partial charge in [-0.3, -0.25) is 4.79 Å². The largest absolute Gasteiger partial charge is 0.378 e. The van der Waals surface area contributed by atoms with Crippen LogP contribution in [-0.4, -0.2) is 37.7 Å². The molecule has 0 aromatic rings. The number of hydrogen-bond acceptors (Lipinski definition) is 3. The lowest BCUT2D eigenvalue weighted by Gasteiger charge is -2.23. The molecule has 0 radical (unpaired) electrons. The van der Waals surface area contributed by atoms with Gasteiger partial charge in [-0.15, -0.1) is 0 Å². The van der Waals surface area contributed by atoms with Crippen LogP contribution in [0.5, 0.6) is 0 Å². The highest BCUT2D eigenvalue weighted by atomic mass is 16.5. The van der Waals surface area contributed by atoms with Gasteiger partial charge in [-0.25, -0.2) is 0 Å². The number of carbonyl (C=O) groups excluding carboxylic acids is 1. The third-order valence-electron chi connectivity index (χ3n) is 3.43. The Balaban J connectivity index is 1.49. The van der Waals surface area contributed by atoms with Crippen LogP contribution in [0.3, 0.4) is 0 Å².